The number of fused-ring (bicyclic) bond motifs is 1. The zero-order valence-electron chi connectivity index (χ0n) is 11.4. The molecule has 0 saturated heterocycles. The van der Waals surface area contributed by atoms with Crippen LogP contribution in [0.25, 0.3) is 10.9 Å². The number of aromatic nitrogens is 1. The van der Waals surface area contributed by atoms with Gasteiger partial charge in [-0.25, -0.2) is 4.39 Å². The Morgan fingerprint density at radius 1 is 1.00 bits per heavy atom. The van der Waals surface area contributed by atoms with Gasteiger partial charge in [-0.3, -0.25) is 0 Å². The molecule has 0 unspecified atom stereocenters. The molecule has 0 aliphatic rings. The minimum absolute atomic E-state index is 0.0371. The topological polar surface area (TPSA) is 60.7 Å². The van der Waals surface area contributed by atoms with Crippen LogP contribution in [0.2, 0.25) is 0 Å². The summed E-state index contributed by atoms with van der Waals surface area (Å²) >= 11 is 0. The van der Waals surface area contributed by atoms with E-state index in [2.05, 4.69) is 15.2 Å². The number of aromatic hydroxyl groups is 1. The van der Waals surface area contributed by atoms with Gasteiger partial charge < -0.3 is 10.1 Å². The quantitative estimate of drug-likeness (QED) is 0.478. The van der Waals surface area contributed by atoms with E-state index in [1.807, 2.05) is 0 Å². The van der Waals surface area contributed by atoms with Gasteiger partial charge in [-0.15, -0.1) is 5.11 Å². The standard InChI is InChI=1S/C15H9F4N3O/c16-11-6-2-5-10-12(11)20-14(23)13(10)22-21-9-4-1-3-8(7-9)15(17,18)19/h1-7,20,23H. The van der Waals surface area contributed by atoms with Crippen molar-refractivity contribution in [1.29, 1.82) is 0 Å². The lowest BCUT2D eigenvalue weighted by Crippen LogP contribution is -2.03. The van der Waals surface area contributed by atoms with Gasteiger partial charge in [-0.1, -0.05) is 18.2 Å². The Balaban J connectivity index is 2.01. The summed E-state index contributed by atoms with van der Waals surface area (Å²) in [6.45, 7) is 0. The third kappa shape index (κ3) is 2.87. The van der Waals surface area contributed by atoms with Gasteiger partial charge >= 0.3 is 6.18 Å². The van der Waals surface area contributed by atoms with Crippen molar-refractivity contribution in [3.05, 3.63) is 53.8 Å². The molecule has 8 heteroatoms. The first-order valence-electron chi connectivity index (χ1n) is 6.44. The Kier molecular flexibility index (Phi) is 3.51. The smallest absolute Gasteiger partial charge is 0.416 e. The fourth-order valence-corrected chi connectivity index (χ4v) is 2.11. The van der Waals surface area contributed by atoms with Crippen molar-refractivity contribution in [2.45, 2.75) is 6.18 Å². The Labute approximate surface area is 127 Å². The van der Waals surface area contributed by atoms with E-state index in [-0.39, 0.29) is 22.3 Å². The lowest BCUT2D eigenvalue weighted by molar-refractivity contribution is -0.137. The van der Waals surface area contributed by atoms with Crippen LogP contribution in [0.5, 0.6) is 5.88 Å². The molecule has 1 aromatic heterocycles. The molecule has 3 rings (SSSR count). The monoisotopic (exact) mass is 323 g/mol. The second-order valence-corrected chi connectivity index (χ2v) is 4.73. The number of benzene rings is 2. The minimum Gasteiger partial charge on any atom is -0.493 e. The highest BCUT2D eigenvalue weighted by atomic mass is 19.4. The van der Waals surface area contributed by atoms with Gasteiger partial charge in [-0.05, 0) is 24.3 Å². The highest BCUT2D eigenvalue weighted by Crippen LogP contribution is 2.37. The fourth-order valence-electron chi connectivity index (χ4n) is 2.11. The molecule has 0 atom stereocenters. The van der Waals surface area contributed by atoms with Gasteiger partial charge in [0.15, 0.2) is 5.69 Å². The van der Waals surface area contributed by atoms with Gasteiger partial charge in [0.05, 0.1) is 16.8 Å². The first kappa shape index (κ1) is 15.0. The molecule has 0 fully saturated rings. The van der Waals surface area contributed by atoms with Crippen molar-refractivity contribution < 1.29 is 22.7 Å². The third-order valence-corrected chi connectivity index (χ3v) is 3.18. The minimum atomic E-state index is -4.49. The molecule has 2 N–H and O–H groups in total. The molecular formula is C15H9F4N3O. The van der Waals surface area contributed by atoms with E-state index < -0.39 is 23.4 Å². The lowest BCUT2D eigenvalue weighted by atomic mass is 10.2. The maximum Gasteiger partial charge on any atom is 0.416 e. The molecule has 0 saturated carbocycles. The molecule has 2 aromatic carbocycles. The van der Waals surface area contributed by atoms with Gasteiger partial charge in [0.25, 0.3) is 0 Å². The highest BCUT2D eigenvalue weighted by Gasteiger charge is 2.30. The summed E-state index contributed by atoms with van der Waals surface area (Å²) in [5.74, 6) is -1.00. The molecule has 1 heterocycles. The largest absolute Gasteiger partial charge is 0.493 e. The van der Waals surface area contributed by atoms with E-state index in [0.717, 1.165) is 12.1 Å². The molecule has 0 aliphatic carbocycles. The summed E-state index contributed by atoms with van der Waals surface area (Å²) < 4.78 is 51.5. The number of azo groups is 1. The SMILES string of the molecule is Oc1[nH]c2c(F)cccc2c1N=Nc1cccc(C(F)(F)F)c1. The van der Waals surface area contributed by atoms with Gasteiger partial charge in [0, 0.05) is 5.39 Å². The van der Waals surface area contributed by atoms with Crippen LogP contribution in [0.15, 0.2) is 52.7 Å². The first-order valence-corrected chi connectivity index (χ1v) is 6.44. The number of hydrogen-bond acceptors (Lipinski definition) is 3. The number of hydrogen-bond donors (Lipinski definition) is 2. The summed E-state index contributed by atoms with van der Waals surface area (Å²) in [6, 6.07) is 8.42. The number of rotatable bonds is 2. The number of nitrogens with zero attached hydrogens (tertiary/aromatic N) is 2. The molecule has 3 aromatic rings. The lowest BCUT2D eigenvalue weighted by Gasteiger charge is -2.05. The van der Waals surface area contributed by atoms with Gasteiger partial charge in [-0.2, -0.15) is 18.3 Å². The van der Waals surface area contributed by atoms with Crippen molar-refractivity contribution in [3.8, 4) is 5.88 Å². The van der Waals surface area contributed by atoms with E-state index in [1.165, 1.54) is 30.3 Å². The van der Waals surface area contributed by atoms with Gasteiger partial charge in [0.1, 0.15) is 5.82 Å². The summed E-state index contributed by atoms with van der Waals surface area (Å²) in [7, 11) is 0. The number of nitrogens with one attached hydrogen (secondary N) is 1. The molecule has 4 nitrogen and oxygen atoms in total. The number of halogens is 4. The predicted molar refractivity (Wildman–Crippen MR) is 75.5 cm³/mol. The molecule has 118 valence electrons. The van der Waals surface area contributed by atoms with Gasteiger partial charge in [0.2, 0.25) is 5.88 Å². The van der Waals surface area contributed by atoms with Crippen LogP contribution >= 0.6 is 0 Å². The first-order chi connectivity index (χ1) is 10.9. The average molecular weight is 323 g/mol. The van der Waals surface area contributed by atoms with E-state index in [1.54, 1.807) is 0 Å². The molecule has 23 heavy (non-hydrogen) atoms. The van der Waals surface area contributed by atoms with Crippen molar-refractivity contribution in [3.63, 3.8) is 0 Å². The predicted octanol–water partition coefficient (Wildman–Crippen LogP) is 5.45. The van der Waals surface area contributed by atoms with E-state index in [9.17, 15) is 22.7 Å². The van der Waals surface area contributed by atoms with E-state index in [0.29, 0.717) is 0 Å². The maximum atomic E-state index is 13.6. The molecule has 0 radical (unpaired) electrons. The summed E-state index contributed by atoms with van der Waals surface area (Å²) in [4.78, 5) is 2.41. The van der Waals surface area contributed by atoms with Crippen LogP contribution in [0, 0.1) is 5.82 Å². The van der Waals surface area contributed by atoms with Crippen molar-refractivity contribution in [2.75, 3.05) is 0 Å². The van der Waals surface area contributed by atoms with Crippen LogP contribution in [-0.2, 0) is 6.18 Å². The van der Waals surface area contributed by atoms with Crippen LogP contribution < -0.4 is 0 Å². The Morgan fingerprint density at radius 2 is 1.74 bits per heavy atom. The normalized spacial score (nSPS) is 12.3. The van der Waals surface area contributed by atoms with Crippen LogP contribution in [0.3, 0.4) is 0 Å². The summed E-state index contributed by atoms with van der Waals surface area (Å²) in [5, 5.41) is 17.5. The molecule has 0 bridgehead atoms. The zero-order valence-corrected chi connectivity index (χ0v) is 11.4. The number of aromatic amines is 1. The molecule has 0 aliphatic heterocycles. The third-order valence-electron chi connectivity index (χ3n) is 3.18. The highest BCUT2D eigenvalue weighted by molar-refractivity contribution is 5.94. The van der Waals surface area contributed by atoms with Crippen LogP contribution in [0.1, 0.15) is 5.56 Å². The van der Waals surface area contributed by atoms with E-state index in [4.69, 9.17) is 0 Å². The van der Waals surface area contributed by atoms with Crippen molar-refractivity contribution >= 4 is 22.3 Å². The number of alkyl halides is 3. The second-order valence-electron chi connectivity index (χ2n) is 4.73. The number of H-pyrrole nitrogens is 1. The zero-order chi connectivity index (χ0) is 16.6. The van der Waals surface area contributed by atoms with Crippen LogP contribution in [-0.4, -0.2) is 10.1 Å². The maximum absolute atomic E-state index is 13.6. The van der Waals surface area contributed by atoms with Crippen LogP contribution in [0.4, 0.5) is 28.9 Å². The fraction of sp³-hybridized carbons (Fsp3) is 0.0667. The summed E-state index contributed by atoms with van der Waals surface area (Å²) in [5.41, 5.74) is -0.895. The second kappa shape index (κ2) is 5.38. The van der Waals surface area contributed by atoms with Crippen molar-refractivity contribution in [1.82, 2.24) is 4.98 Å². The molecule has 0 spiro atoms. The molecular weight excluding hydrogens is 314 g/mol. The molecule has 0 amide bonds. The van der Waals surface area contributed by atoms with Crippen molar-refractivity contribution in [2.24, 2.45) is 10.2 Å². The Morgan fingerprint density at radius 3 is 2.48 bits per heavy atom. The number of para-hydroxylation sites is 1. The average Bonchev–Trinajstić information content (AvgIpc) is 2.82. The van der Waals surface area contributed by atoms with E-state index >= 15 is 0 Å². The Bertz CT molecular complexity index is 899. The summed E-state index contributed by atoms with van der Waals surface area (Å²) in [6.07, 6.45) is -4.49. The Hall–Kier alpha value is -2.90.